The number of carboxylic acids is 1. The van der Waals surface area contributed by atoms with Gasteiger partial charge >= 0.3 is 12.1 Å². The Kier molecular flexibility index (Phi) is 4.30. The number of carbonyl (C=O) groups is 1. The number of alkyl halides is 3. The Bertz CT molecular complexity index is 489. The van der Waals surface area contributed by atoms with E-state index in [-0.39, 0.29) is 0 Å². The van der Waals surface area contributed by atoms with Crippen LogP contribution in [0.1, 0.15) is 10.4 Å². The fourth-order valence-electron chi connectivity index (χ4n) is 1.17. The molecule has 106 valence electrons. The number of benzene rings is 1. The number of aliphatic hydroxyl groups is 1. The van der Waals surface area contributed by atoms with Crippen LogP contribution in [0.25, 0.3) is 0 Å². The maximum absolute atomic E-state index is 13.3. The predicted molar refractivity (Wildman–Crippen MR) is 53.9 cm³/mol. The first kappa shape index (κ1) is 15.2. The molecule has 19 heavy (non-hydrogen) atoms. The molecule has 0 fully saturated rings. The molecule has 0 aromatic heterocycles. The van der Waals surface area contributed by atoms with Gasteiger partial charge in [-0.25, -0.2) is 13.6 Å². The van der Waals surface area contributed by atoms with Crippen molar-refractivity contribution in [1.82, 2.24) is 0 Å². The summed E-state index contributed by atoms with van der Waals surface area (Å²) in [5.41, 5.74) is -1.62. The highest BCUT2D eigenvalue weighted by Crippen LogP contribution is 2.23. The molecular formula is C10H8F5NO3. The lowest BCUT2D eigenvalue weighted by Gasteiger charge is -2.16. The van der Waals surface area contributed by atoms with Crippen molar-refractivity contribution in [2.75, 3.05) is 11.9 Å². The normalized spacial score (nSPS) is 13.2. The first-order valence-corrected chi connectivity index (χ1v) is 4.84. The number of rotatable bonds is 4. The third-order valence-electron chi connectivity index (χ3n) is 2.18. The van der Waals surface area contributed by atoms with E-state index in [9.17, 15) is 26.7 Å². The quantitative estimate of drug-likeness (QED) is 0.740. The van der Waals surface area contributed by atoms with Gasteiger partial charge in [0.15, 0.2) is 17.7 Å². The van der Waals surface area contributed by atoms with Crippen molar-refractivity contribution in [3.05, 3.63) is 29.3 Å². The summed E-state index contributed by atoms with van der Waals surface area (Å²) in [6.45, 7) is -1.09. The van der Waals surface area contributed by atoms with Crippen LogP contribution in [0.5, 0.6) is 0 Å². The van der Waals surface area contributed by atoms with Crippen LogP contribution in [0.2, 0.25) is 0 Å². The van der Waals surface area contributed by atoms with Crippen molar-refractivity contribution in [1.29, 1.82) is 0 Å². The molecule has 1 aromatic carbocycles. The van der Waals surface area contributed by atoms with E-state index in [0.29, 0.717) is 6.07 Å². The Labute approximate surface area is 103 Å². The highest BCUT2D eigenvalue weighted by molar-refractivity contribution is 5.88. The molecule has 0 radical (unpaired) electrons. The van der Waals surface area contributed by atoms with Crippen molar-refractivity contribution in [2.24, 2.45) is 0 Å². The molecule has 0 aliphatic carbocycles. The third kappa shape index (κ3) is 3.53. The van der Waals surface area contributed by atoms with Crippen molar-refractivity contribution < 1.29 is 37.0 Å². The molecule has 3 N–H and O–H groups in total. The van der Waals surface area contributed by atoms with E-state index < -0.39 is 47.7 Å². The zero-order valence-electron chi connectivity index (χ0n) is 9.13. The molecule has 0 aliphatic heterocycles. The topological polar surface area (TPSA) is 69.6 Å². The lowest BCUT2D eigenvalue weighted by Crippen LogP contribution is -2.35. The lowest BCUT2D eigenvalue weighted by molar-refractivity contribution is -0.198. The number of aromatic carboxylic acids is 1. The molecule has 1 rings (SSSR count). The van der Waals surface area contributed by atoms with Gasteiger partial charge in [-0.05, 0) is 12.1 Å². The molecule has 0 aliphatic rings. The summed E-state index contributed by atoms with van der Waals surface area (Å²) in [4.78, 5) is 10.5. The minimum absolute atomic E-state index is 0.675. The van der Waals surface area contributed by atoms with Crippen molar-refractivity contribution >= 4 is 11.7 Å². The van der Waals surface area contributed by atoms with Crippen molar-refractivity contribution in [3.63, 3.8) is 0 Å². The molecule has 0 heterocycles. The molecule has 0 saturated heterocycles. The summed E-state index contributed by atoms with van der Waals surface area (Å²) in [6.07, 6.45) is -7.66. The second-order valence-electron chi connectivity index (χ2n) is 3.53. The maximum atomic E-state index is 13.3. The largest absolute Gasteiger partial charge is 0.478 e. The summed E-state index contributed by atoms with van der Waals surface area (Å²) in [5.74, 6) is -5.04. The van der Waals surface area contributed by atoms with Crippen LogP contribution in [0, 0.1) is 11.6 Å². The SMILES string of the molecule is O=C(O)c1ccc(NCC(O)C(F)(F)F)c(F)c1F. The van der Waals surface area contributed by atoms with Crippen LogP contribution in [0.3, 0.4) is 0 Å². The van der Waals surface area contributed by atoms with E-state index >= 15 is 0 Å². The van der Waals surface area contributed by atoms with Gasteiger partial charge < -0.3 is 15.5 Å². The Morgan fingerprint density at radius 3 is 2.32 bits per heavy atom. The van der Waals surface area contributed by atoms with E-state index in [2.05, 4.69) is 0 Å². The van der Waals surface area contributed by atoms with Gasteiger partial charge in [0.25, 0.3) is 0 Å². The van der Waals surface area contributed by atoms with E-state index in [1.807, 2.05) is 5.32 Å². The van der Waals surface area contributed by atoms with Crippen LogP contribution < -0.4 is 5.32 Å². The molecule has 0 saturated carbocycles. The molecule has 4 nitrogen and oxygen atoms in total. The molecular weight excluding hydrogens is 277 g/mol. The number of hydrogen-bond donors (Lipinski definition) is 3. The monoisotopic (exact) mass is 285 g/mol. The highest BCUT2D eigenvalue weighted by Gasteiger charge is 2.38. The van der Waals surface area contributed by atoms with E-state index in [4.69, 9.17) is 10.2 Å². The van der Waals surface area contributed by atoms with Gasteiger partial charge in [-0.3, -0.25) is 0 Å². The molecule has 0 bridgehead atoms. The zero-order valence-corrected chi connectivity index (χ0v) is 9.13. The van der Waals surface area contributed by atoms with E-state index in [0.717, 1.165) is 6.07 Å². The molecule has 9 heteroatoms. The number of nitrogens with one attached hydrogen (secondary N) is 1. The summed E-state index contributed by atoms with van der Waals surface area (Å²) in [7, 11) is 0. The molecule has 0 spiro atoms. The summed E-state index contributed by atoms with van der Waals surface area (Å²) in [6, 6.07) is 1.47. The predicted octanol–water partition coefficient (Wildman–Crippen LogP) is 2.00. The zero-order chi connectivity index (χ0) is 14.8. The Hall–Kier alpha value is -1.90. The number of carboxylic acid groups (broad SMARTS) is 1. The van der Waals surface area contributed by atoms with Crippen LogP contribution in [-0.2, 0) is 0 Å². The van der Waals surface area contributed by atoms with Gasteiger partial charge in [-0.15, -0.1) is 0 Å². The average Bonchev–Trinajstić information content (AvgIpc) is 2.28. The van der Waals surface area contributed by atoms with Gasteiger partial charge in [0.05, 0.1) is 11.3 Å². The fraction of sp³-hybridized carbons (Fsp3) is 0.300. The number of anilines is 1. The second-order valence-corrected chi connectivity index (χ2v) is 3.53. The maximum Gasteiger partial charge on any atom is 0.416 e. The van der Waals surface area contributed by atoms with Gasteiger partial charge in [0.2, 0.25) is 0 Å². The van der Waals surface area contributed by atoms with Crippen LogP contribution >= 0.6 is 0 Å². The Balaban J connectivity index is 2.87. The van der Waals surface area contributed by atoms with Crippen LogP contribution in [0.4, 0.5) is 27.6 Å². The second kappa shape index (κ2) is 5.39. The smallest absolute Gasteiger partial charge is 0.416 e. The van der Waals surface area contributed by atoms with Crippen molar-refractivity contribution in [2.45, 2.75) is 12.3 Å². The number of halogens is 5. The van der Waals surface area contributed by atoms with E-state index in [1.54, 1.807) is 0 Å². The molecule has 1 unspecified atom stereocenters. The average molecular weight is 285 g/mol. The van der Waals surface area contributed by atoms with Gasteiger partial charge in [-0.2, -0.15) is 13.2 Å². The molecule has 1 atom stereocenters. The minimum atomic E-state index is -4.90. The summed E-state index contributed by atoms with van der Waals surface area (Å²) < 4.78 is 62.4. The highest BCUT2D eigenvalue weighted by atomic mass is 19.4. The Morgan fingerprint density at radius 1 is 1.26 bits per heavy atom. The summed E-state index contributed by atoms with van der Waals surface area (Å²) >= 11 is 0. The fourth-order valence-corrected chi connectivity index (χ4v) is 1.17. The van der Waals surface area contributed by atoms with E-state index in [1.165, 1.54) is 0 Å². The number of aliphatic hydroxyl groups excluding tert-OH is 1. The third-order valence-corrected chi connectivity index (χ3v) is 2.18. The Morgan fingerprint density at radius 2 is 1.84 bits per heavy atom. The first-order chi connectivity index (χ1) is 8.64. The number of hydrogen-bond acceptors (Lipinski definition) is 3. The van der Waals surface area contributed by atoms with Crippen molar-refractivity contribution in [3.8, 4) is 0 Å². The van der Waals surface area contributed by atoms with Gasteiger partial charge in [0.1, 0.15) is 0 Å². The lowest BCUT2D eigenvalue weighted by atomic mass is 10.1. The summed E-state index contributed by atoms with van der Waals surface area (Å²) in [5, 5.41) is 19.0. The van der Waals surface area contributed by atoms with Gasteiger partial charge in [0, 0.05) is 6.54 Å². The van der Waals surface area contributed by atoms with Crippen LogP contribution in [0.15, 0.2) is 12.1 Å². The van der Waals surface area contributed by atoms with Crippen LogP contribution in [-0.4, -0.2) is 35.0 Å². The minimum Gasteiger partial charge on any atom is -0.478 e. The first-order valence-electron chi connectivity index (χ1n) is 4.84. The standard InChI is InChI=1S/C10H8F5NO3/c11-7-4(9(18)19)1-2-5(8(7)12)16-3-6(17)10(13,14)15/h1-2,6,16-17H,3H2,(H,18,19). The molecule has 1 aromatic rings. The molecule has 0 amide bonds. The van der Waals surface area contributed by atoms with Gasteiger partial charge in [-0.1, -0.05) is 0 Å².